The van der Waals surface area contributed by atoms with Crippen LogP contribution in [0.25, 0.3) is 0 Å². The van der Waals surface area contributed by atoms with E-state index < -0.39 is 0 Å². The first-order chi connectivity index (χ1) is 4.91. The molecule has 0 aromatic heterocycles. The zero-order valence-electron chi connectivity index (χ0n) is 6.43. The monoisotopic (exact) mass is 161 g/mol. The first-order valence-corrected chi connectivity index (χ1v) is 5.24. The van der Waals surface area contributed by atoms with Crippen molar-refractivity contribution in [3.05, 3.63) is 0 Å². The molecule has 0 unspecified atom stereocenters. The molecule has 1 amide bonds. The van der Waals surface area contributed by atoms with E-state index >= 15 is 0 Å². The molecule has 0 spiro atoms. The van der Waals surface area contributed by atoms with E-state index in [0.717, 1.165) is 32.0 Å². The van der Waals surface area contributed by atoms with Crippen molar-refractivity contribution in [2.24, 2.45) is 0 Å². The molecule has 0 fully saturated rings. The quantitative estimate of drug-likeness (QED) is 0.315. The molecule has 4 heteroatoms. The molecular formula is C6H15NO2Si. The van der Waals surface area contributed by atoms with E-state index in [1.54, 1.807) is 0 Å². The summed E-state index contributed by atoms with van der Waals surface area (Å²) >= 11 is 0. The lowest BCUT2D eigenvalue weighted by molar-refractivity contribution is -0.109. The van der Waals surface area contributed by atoms with Gasteiger partial charge in [-0.25, -0.2) is 0 Å². The van der Waals surface area contributed by atoms with Gasteiger partial charge in [0.1, 0.15) is 0 Å². The molecule has 0 heterocycles. The van der Waals surface area contributed by atoms with Crippen LogP contribution in [0.1, 0.15) is 13.3 Å². The Morgan fingerprint density at radius 3 is 3.10 bits per heavy atom. The van der Waals surface area contributed by atoms with Crippen LogP contribution >= 0.6 is 0 Å². The predicted molar refractivity (Wildman–Crippen MR) is 43.7 cm³/mol. The van der Waals surface area contributed by atoms with Crippen molar-refractivity contribution in [2.75, 3.05) is 13.2 Å². The van der Waals surface area contributed by atoms with E-state index in [1.165, 1.54) is 0 Å². The van der Waals surface area contributed by atoms with Gasteiger partial charge in [0.05, 0.1) is 0 Å². The Balaban J connectivity index is 2.70. The Labute approximate surface area is 64.1 Å². The second-order valence-electron chi connectivity index (χ2n) is 1.98. The maximum Gasteiger partial charge on any atom is 0.207 e. The lowest BCUT2D eigenvalue weighted by Gasteiger charge is -1.98. The van der Waals surface area contributed by atoms with Crippen molar-refractivity contribution in [1.82, 2.24) is 5.32 Å². The highest BCUT2D eigenvalue weighted by Crippen LogP contribution is 1.86. The van der Waals surface area contributed by atoms with Gasteiger partial charge in [-0.2, -0.15) is 0 Å². The minimum atomic E-state index is -0.273. The van der Waals surface area contributed by atoms with Crippen LogP contribution in [0, 0.1) is 0 Å². The van der Waals surface area contributed by atoms with E-state index in [-0.39, 0.29) is 9.76 Å². The molecular weight excluding hydrogens is 146 g/mol. The van der Waals surface area contributed by atoms with Gasteiger partial charge in [-0.1, -0.05) is 0 Å². The van der Waals surface area contributed by atoms with Crippen molar-refractivity contribution < 1.29 is 9.22 Å². The average Bonchev–Trinajstić information content (AvgIpc) is 1.97. The molecule has 60 valence electrons. The zero-order valence-corrected chi connectivity index (χ0v) is 7.84. The van der Waals surface area contributed by atoms with Crippen LogP contribution in [0.2, 0.25) is 6.04 Å². The van der Waals surface area contributed by atoms with Gasteiger partial charge in [0.25, 0.3) is 0 Å². The second-order valence-corrected chi connectivity index (χ2v) is 3.50. The third kappa shape index (κ3) is 7.65. The number of carbonyl (C=O) groups is 1. The van der Waals surface area contributed by atoms with Crippen molar-refractivity contribution in [2.45, 2.75) is 19.4 Å². The molecule has 0 aromatic rings. The first-order valence-electron chi connectivity index (χ1n) is 3.66. The summed E-state index contributed by atoms with van der Waals surface area (Å²) in [4.78, 5) is 9.76. The van der Waals surface area contributed by atoms with Crippen LogP contribution in [-0.2, 0) is 9.22 Å². The maximum atomic E-state index is 9.76. The van der Waals surface area contributed by atoms with Gasteiger partial charge < -0.3 is 9.74 Å². The summed E-state index contributed by atoms with van der Waals surface area (Å²) in [5.74, 6) is 0. The van der Waals surface area contributed by atoms with Crippen LogP contribution in [-0.4, -0.2) is 29.3 Å². The van der Waals surface area contributed by atoms with Crippen LogP contribution < -0.4 is 5.32 Å². The standard InChI is InChI=1S/C6H15NO2Si/c1-2-9-10-5-3-4-7-6-8/h6H,2-5,10H2,1H3,(H,7,8). The molecule has 0 aliphatic carbocycles. The number of nitrogens with one attached hydrogen (secondary N) is 1. The predicted octanol–water partition coefficient (Wildman–Crippen LogP) is -0.339. The van der Waals surface area contributed by atoms with Gasteiger partial charge in [-0.3, -0.25) is 4.79 Å². The Kier molecular flexibility index (Phi) is 8.34. The third-order valence-corrected chi connectivity index (χ3v) is 2.63. The van der Waals surface area contributed by atoms with Crippen LogP contribution in [0.5, 0.6) is 0 Å². The van der Waals surface area contributed by atoms with E-state index in [9.17, 15) is 4.79 Å². The summed E-state index contributed by atoms with van der Waals surface area (Å²) < 4.78 is 5.24. The molecule has 0 saturated heterocycles. The van der Waals surface area contributed by atoms with E-state index in [1.807, 2.05) is 6.92 Å². The van der Waals surface area contributed by atoms with Crippen molar-refractivity contribution in [3.8, 4) is 0 Å². The number of carbonyl (C=O) groups excluding carboxylic acids is 1. The second kappa shape index (κ2) is 8.65. The van der Waals surface area contributed by atoms with Crippen molar-refractivity contribution in [3.63, 3.8) is 0 Å². The van der Waals surface area contributed by atoms with Gasteiger partial charge in [0.15, 0.2) is 9.76 Å². The van der Waals surface area contributed by atoms with Gasteiger partial charge in [0.2, 0.25) is 6.41 Å². The van der Waals surface area contributed by atoms with Crippen LogP contribution in [0.15, 0.2) is 0 Å². The lowest BCUT2D eigenvalue weighted by Crippen LogP contribution is -2.12. The minimum Gasteiger partial charge on any atom is -0.424 e. The number of hydrogen-bond donors (Lipinski definition) is 1. The van der Waals surface area contributed by atoms with Gasteiger partial charge in [-0.05, 0) is 19.4 Å². The van der Waals surface area contributed by atoms with Crippen molar-refractivity contribution in [1.29, 1.82) is 0 Å². The molecule has 0 rings (SSSR count). The van der Waals surface area contributed by atoms with Gasteiger partial charge in [0, 0.05) is 13.2 Å². The summed E-state index contributed by atoms with van der Waals surface area (Å²) in [6.07, 6.45) is 1.80. The van der Waals surface area contributed by atoms with Gasteiger partial charge in [-0.15, -0.1) is 0 Å². The Morgan fingerprint density at radius 2 is 2.50 bits per heavy atom. The largest absolute Gasteiger partial charge is 0.424 e. The fourth-order valence-electron chi connectivity index (χ4n) is 0.634. The molecule has 0 bridgehead atoms. The fraction of sp³-hybridized carbons (Fsp3) is 0.833. The molecule has 0 radical (unpaired) electrons. The average molecular weight is 161 g/mol. The third-order valence-electron chi connectivity index (χ3n) is 1.15. The topological polar surface area (TPSA) is 38.3 Å². The van der Waals surface area contributed by atoms with E-state index in [2.05, 4.69) is 5.32 Å². The summed E-state index contributed by atoms with van der Waals surface area (Å²) in [6.45, 7) is 3.65. The SMILES string of the molecule is CCO[SiH2]CCCNC=O. The zero-order chi connectivity index (χ0) is 7.66. The van der Waals surface area contributed by atoms with Crippen LogP contribution in [0.3, 0.4) is 0 Å². The van der Waals surface area contributed by atoms with Crippen molar-refractivity contribution >= 4 is 16.2 Å². The Bertz CT molecular complexity index is 80.1. The summed E-state index contributed by atoms with van der Waals surface area (Å²) in [7, 11) is -0.273. The summed E-state index contributed by atoms with van der Waals surface area (Å²) in [6, 6.07) is 1.16. The smallest absolute Gasteiger partial charge is 0.207 e. The highest BCUT2D eigenvalue weighted by atomic mass is 28.2. The van der Waals surface area contributed by atoms with E-state index in [0.29, 0.717) is 0 Å². The Morgan fingerprint density at radius 1 is 1.70 bits per heavy atom. The molecule has 1 N–H and O–H groups in total. The Hall–Kier alpha value is -0.353. The normalized spacial score (nSPS) is 10.5. The lowest BCUT2D eigenvalue weighted by atomic mass is 10.5. The molecule has 3 nitrogen and oxygen atoms in total. The molecule has 0 saturated carbocycles. The number of hydrogen-bond acceptors (Lipinski definition) is 2. The summed E-state index contributed by atoms with van der Waals surface area (Å²) in [5, 5.41) is 2.61. The minimum absolute atomic E-state index is 0.273. The highest BCUT2D eigenvalue weighted by molar-refractivity contribution is 6.26. The maximum absolute atomic E-state index is 9.76. The number of amides is 1. The molecule has 0 aliphatic rings. The van der Waals surface area contributed by atoms with Crippen LogP contribution in [0.4, 0.5) is 0 Å². The molecule has 10 heavy (non-hydrogen) atoms. The molecule has 0 aromatic carbocycles. The molecule has 0 atom stereocenters. The fourth-order valence-corrected chi connectivity index (χ4v) is 1.58. The van der Waals surface area contributed by atoms with E-state index in [4.69, 9.17) is 4.43 Å². The highest BCUT2D eigenvalue weighted by Gasteiger charge is 1.87. The molecule has 0 aliphatic heterocycles. The summed E-state index contributed by atoms with van der Waals surface area (Å²) in [5.41, 5.74) is 0. The first kappa shape index (κ1) is 9.65. The van der Waals surface area contributed by atoms with Gasteiger partial charge >= 0.3 is 0 Å². The number of rotatable bonds is 7.